The maximum Gasteiger partial charge on any atom is 0.237 e. The summed E-state index contributed by atoms with van der Waals surface area (Å²) in [5.74, 6) is 0.862. The molecule has 1 aliphatic carbocycles. The molecular weight excluding hydrogens is 659 g/mol. The molecular formula is C38H38ClFN6O4. The van der Waals surface area contributed by atoms with Gasteiger partial charge in [0.05, 0.1) is 42.4 Å². The van der Waals surface area contributed by atoms with Gasteiger partial charge in [-0.25, -0.2) is 14.4 Å². The third-order valence-corrected chi connectivity index (χ3v) is 11.1. The molecule has 0 unspecified atom stereocenters. The summed E-state index contributed by atoms with van der Waals surface area (Å²) < 4.78 is 27.7. The summed E-state index contributed by atoms with van der Waals surface area (Å²) >= 11 is 6.99. The number of benzene rings is 2. The van der Waals surface area contributed by atoms with Crippen molar-refractivity contribution in [2.75, 3.05) is 40.4 Å². The highest BCUT2D eigenvalue weighted by Gasteiger charge is 2.48. The molecule has 3 saturated heterocycles. The average molecular weight is 697 g/mol. The first-order valence-electron chi connectivity index (χ1n) is 17.0. The lowest BCUT2D eigenvalue weighted by molar-refractivity contribution is -0.121. The zero-order valence-electron chi connectivity index (χ0n) is 28.1. The lowest BCUT2D eigenvalue weighted by Gasteiger charge is -2.48. The van der Waals surface area contributed by atoms with Gasteiger partial charge in [-0.2, -0.15) is 0 Å². The summed E-state index contributed by atoms with van der Waals surface area (Å²) in [6.45, 7) is 4.51. The van der Waals surface area contributed by atoms with Crippen molar-refractivity contribution >= 4 is 23.3 Å². The van der Waals surface area contributed by atoms with Crippen LogP contribution in [0, 0.1) is 11.2 Å². The number of hydrogen-bond donors (Lipinski definition) is 1. The lowest BCUT2D eigenvalue weighted by atomic mass is 9.78. The van der Waals surface area contributed by atoms with E-state index in [2.05, 4.69) is 20.1 Å². The number of ketones is 1. The topological polar surface area (TPSA) is 110 Å². The number of amides is 1. The molecule has 5 heterocycles. The quantitative estimate of drug-likeness (QED) is 0.236. The summed E-state index contributed by atoms with van der Waals surface area (Å²) in [6, 6.07) is 14.4. The standard InChI is InChI=1S/C38H38ClFN6O4/c1-49-35-23(17-45-19-37(20-45)13-11-24(47)15-37)9-10-29(42-35)28-8-4-6-26(34(28)40)25-5-3-7-27(33(25)39)30-16-41-31(36(43-30)50-2)18-46-21-38(22-46)14-12-32(48)44-38/h3-10,16H,11-15,17-22H2,1-2H3,(H,44,48). The molecule has 50 heavy (non-hydrogen) atoms. The highest BCUT2D eigenvalue weighted by Crippen LogP contribution is 2.45. The van der Waals surface area contributed by atoms with E-state index >= 15 is 4.39 Å². The zero-order valence-corrected chi connectivity index (χ0v) is 28.9. The van der Waals surface area contributed by atoms with E-state index in [9.17, 15) is 9.59 Å². The van der Waals surface area contributed by atoms with E-state index in [1.165, 1.54) is 0 Å². The number of likely N-dealkylation sites (tertiary alicyclic amines) is 2. The second kappa shape index (κ2) is 12.7. The van der Waals surface area contributed by atoms with Crippen LogP contribution in [-0.4, -0.2) is 82.4 Å². The van der Waals surface area contributed by atoms with Crippen molar-refractivity contribution in [2.45, 2.75) is 50.7 Å². The van der Waals surface area contributed by atoms with E-state index < -0.39 is 5.82 Å². The minimum atomic E-state index is -0.450. The molecule has 1 saturated carbocycles. The van der Waals surface area contributed by atoms with Crippen molar-refractivity contribution in [1.82, 2.24) is 30.1 Å². The number of carbonyl (C=O) groups is 2. The Morgan fingerprint density at radius 3 is 2.22 bits per heavy atom. The molecule has 8 rings (SSSR count). The molecule has 2 aromatic heterocycles. The fourth-order valence-corrected chi connectivity index (χ4v) is 8.58. The van der Waals surface area contributed by atoms with Crippen molar-refractivity contribution in [2.24, 2.45) is 5.41 Å². The van der Waals surface area contributed by atoms with Gasteiger partial charge >= 0.3 is 0 Å². The monoisotopic (exact) mass is 696 g/mol. The third-order valence-electron chi connectivity index (χ3n) is 10.7. The maximum atomic E-state index is 16.4. The molecule has 12 heteroatoms. The van der Waals surface area contributed by atoms with Gasteiger partial charge in [-0.1, -0.05) is 48.0 Å². The van der Waals surface area contributed by atoms with Crippen LogP contribution in [0.2, 0.25) is 5.02 Å². The Morgan fingerprint density at radius 2 is 1.52 bits per heavy atom. The molecule has 4 fully saturated rings. The van der Waals surface area contributed by atoms with Crippen LogP contribution in [0.15, 0.2) is 54.7 Å². The van der Waals surface area contributed by atoms with Gasteiger partial charge in [0.15, 0.2) is 0 Å². The second-order valence-electron chi connectivity index (χ2n) is 14.2. The Hall–Kier alpha value is -4.45. The molecule has 1 amide bonds. The normalized spacial score (nSPS) is 19.4. The van der Waals surface area contributed by atoms with Gasteiger partial charge in [0.25, 0.3) is 0 Å². The minimum Gasteiger partial charge on any atom is -0.481 e. The highest BCUT2D eigenvalue weighted by atomic mass is 35.5. The number of methoxy groups -OCH3 is 2. The summed E-state index contributed by atoms with van der Waals surface area (Å²) in [5.41, 5.74) is 4.35. The predicted octanol–water partition coefficient (Wildman–Crippen LogP) is 5.70. The van der Waals surface area contributed by atoms with Gasteiger partial charge < -0.3 is 14.8 Å². The zero-order chi connectivity index (χ0) is 34.6. The Morgan fingerprint density at radius 1 is 0.820 bits per heavy atom. The number of ether oxygens (including phenoxy) is 2. The van der Waals surface area contributed by atoms with E-state index in [1.54, 1.807) is 44.7 Å². The molecule has 1 N–H and O–H groups in total. The second-order valence-corrected chi connectivity index (χ2v) is 14.6. The number of Topliss-reactive ketones (excluding diaryl/α,β-unsaturated/α-hetero) is 1. The number of hydrogen-bond acceptors (Lipinski definition) is 9. The number of halogens is 2. The molecule has 3 aliphatic heterocycles. The first-order valence-corrected chi connectivity index (χ1v) is 17.3. The molecule has 0 bridgehead atoms. The molecule has 0 atom stereocenters. The minimum absolute atomic E-state index is 0.110. The number of aromatic nitrogens is 3. The average Bonchev–Trinajstić information content (AvgIpc) is 3.68. The Kier molecular flexibility index (Phi) is 8.32. The summed E-state index contributed by atoms with van der Waals surface area (Å²) in [7, 11) is 3.13. The summed E-state index contributed by atoms with van der Waals surface area (Å²) in [5, 5.41) is 3.44. The van der Waals surface area contributed by atoms with Crippen LogP contribution in [0.5, 0.6) is 11.8 Å². The molecule has 258 valence electrons. The van der Waals surface area contributed by atoms with Crippen molar-refractivity contribution in [1.29, 1.82) is 0 Å². The van der Waals surface area contributed by atoms with Gasteiger partial charge in [-0.3, -0.25) is 24.4 Å². The van der Waals surface area contributed by atoms with Crippen LogP contribution in [-0.2, 0) is 22.7 Å². The van der Waals surface area contributed by atoms with Crippen LogP contribution in [0.4, 0.5) is 4.39 Å². The lowest BCUT2D eigenvalue weighted by Crippen LogP contribution is -2.66. The first kappa shape index (κ1) is 32.7. The van der Waals surface area contributed by atoms with E-state index in [0.717, 1.165) is 44.6 Å². The maximum absolute atomic E-state index is 16.4. The van der Waals surface area contributed by atoms with E-state index in [-0.39, 0.29) is 16.9 Å². The van der Waals surface area contributed by atoms with Crippen LogP contribution in [0.25, 0.3) is 33.6 Å². The molecule has 2 aromatic carbocycles. The Balaban J connectivity index is 1.01. The highest BCUT2D eigenvalue weighted by molar-refractivity contribution is 6.36. The largest absolute Gasteiger partial charge is 0.481 e. The van der Waals surface area contributed by atoms with Crippen LogP contribution >= 0.6 is 11.6 Å². The van der Waals surface area contributed by atoms with Crippen LogP contribution in [0.1, 0.15) is 43.4 Å². The van der Waals surface area contributed by atoms with Crippen molar-refractivity contribution in [3.8, 4) is 45.4 Å². The molecule has 4 aromatic rings. The number of nitrogens with zero attached hydrogens (tertiary/aromatic N) is 5. The predicted molar refractivity (Wildman–Crippen MR) is 186 cm³/mol. The number of pyridine rings is 1. The number of carbonyl (C=O) groups excluding carboxylic acids is 2. The van der Waals surface area contributed by atoms with E-state index in [0.29, 0.717) is 94.3 Å². The number of nitrogens with one attached hydrogen (secondary N) is 1. The third kappa shape index (κ3) is 5.91. The number of rotatable bonds is 9. The first-order chi connectivity index (χ1) is 24.2. The van der Waals surface area contributed by atoms with Crippen LogP contribution in [0.3, 0.4) is 0 Å². The fourth-order valence-electron chi connectivity index (χ4n) is 8.26. The SMILES string of the molecule is COc1nc(-c2cccc(-c3cccc(-c4cnc(CN5CC6(CCC(=O)N6)C5)c(OC)n4)c3Cl)c2F)ccc1CN1CC2(CCC(=O)C2)C1. The van der Waals surface area contributed by atoms with Crippen molar-refractivity contribution in [3.05, 3.63) is 76.8 Å². The van der Waals surface area contributed by atoms with E-state index in [4.69, 9.17) is 31.0 Å². The smallest absolute Gasteiger partial charge is 0.237 e. The Bertz CT molecular complexity index is 1870. The molecule has 2 spiro atoms. The molecule has 10 nitrogen and oxygen atoms in total. The van der Waals surface area contributed by atoms with Crippen LogP contribution < -0.4 is 14.8 Å². The molecule has 0 radical (unpaired) electrons. The van der Waals surface area contributed by atoms with Gasteiger partial charge in [0.1, 0.15) is 17.3 Å². The van der Waals surface area contributed by atoms with E-state index in [1.807, 2.05) is 24.3 Å². The van der Waals surface area contributed by atoms with Gasteiger partial charge in [-0.15, -0.1) is 0 Å². The summed E-state index contributed by atoms with van der Waals surface area (Å²) in [4.78, 5) is 42.2. The van der Waals surface area contributed by atoms with Crippen molar-refractivity contribution < 1.29 is 23.5 Å². The fraction of sp³-hybridized carbons (Fsp3) is 0.395. The van der Waals surface area contributed by atoms with Gasteiger partial charge in [0, 0.05) is 91.8 Å². The van der Waals surface area contributed by atoms with Gasteiger partial charge in [0.2, 0.25) is 17.7 Å². The summed E-state index contributed by atoms with van der Waals surface area (Å²) in [6.07, 6.45) is 5.42. The van der Waals surface area contributed by atoms with Gasteiger partial charge in [-0.05, 0) is 25.0 Å². The van der Waals surface area contributed by atoms with Crippen molar-refractivity contribution in [3.63, 3.8) is 0 Å². The molecule has 4 aliphatic rings. The Labute approximate surface area is 295 Å².